The molecule has 1 saturated carbocycles. The van der Waals surface area contributed by atoms with E-state index in [0.29, 0.717) is 6.54 Å². The fraction of sp³-hybridized carbons (Fsp3) is 0.500. The second-order valence-electron chi connectivity index (χ2n) is 4.66. The number of carbonyl (C=O) groups is 1. The van der Waals surface area contributed by atoms with Crippen molar-refractivity contribution in [2.24, 2.45) is 0 Å². The van der Waals surface area contributed by atoms with Gasteiger partial charge in [0.05, 0.1) is 0 Å². The smallest absolute Gasteiger partial charge is 0.254 e. The van der Waals surface area contributed by atoms with E-state index in [0.717, 1.165) is 37.8 Å². The average molecular weight is 253 g/mol. The van der Waals surface area contributed by atoms with Crippen LogP contribution in [0, 0.1) is 11.6 Å². The minimum atomic E-state index is -0.969. The largest absolute Gasteiger partial charge is 0.336 e. The van der Waals surface area contributed by atoms with Crippen LogP contribution in [-0.4, -0.2) is 23.4 Å². The number of benzene rings is 1. The van der Waals surface area contributed by atoms with Crippen LogP contribution in [0.5, 0.6) is 0 Å². The lowest BCUT2D eigenvalue weighted by molar-refractivity contribution is 0.0693. The van der Waals surface area contributed by atoms with Gasteiger partial charge in [-0.25, -0.2) is 8.78 Å². The highest BCUT2D eigenvalue weighted by Crippen LogP contribution is 2.25. The molecule has 0 heterocycles. The van der Waals surface area contributed by atoms with Gasteiger partial charge in [-0.2, -0.15) is 0 Å². The Kier molecular flexibility index (Phi) is 3.94. The summed E-state index contributed by atoms with van der Waals surface area (Å²) in [5.74, 6) is -2.10. The lowest BCUT2D eigenvalue weighted by atomic mass is 10.1. The molecule has 4 heteroatoms. The van der Waals surface area contributed by atoms with Gasteiger partial charge in [0.15, 0.2) is 11.6 Å². The minimum absolute atomic E-state index is 0.205. The summed E-state index contributed by atoms with van der Waals surface area (Å²) in [5.41, 5.74) is 0.225. The number of amides is 1. The molecule has 1 fully saturated rings. The van der Waals surface area contributed by atoms with Crippen molar-refractivity contribution in [1.29, 1.82) is 0 Å². The molecule has 0 N–H and O–H groups in total. The van der Waals surface area contributed by atoms with Gasteiger partial charge in [-0.05, 0) is 38.0 Å². The third-order valence-corrected chi connectivity index (χ3v) is 3.53. The van der Waals surface area contributed by atoms with Crippen molar-refractivity contribution in [3.8, 4) is 0 Å². The van der Waals surface area contributed by atoms with E-state index in [1.54, 1.807) is 4.90 Å². The van der Waals surface area contributed by atoms with Crippen LogP contribution in [0.15, 0.2) is 18.2 Å². The number of nitrogens with zero attached hydrogens (tertiary/aromatic N) is 1. The molecule has 0 saturated heterocycles. The first kappa shape index (κ1) is 13.0. The molecule has 0 aromatic heterocycles. The Morgan fingerprint density at radius 2 is 1.94 bits per heavy atom. The monoisotopic (exact) mass is 253 g/mol. The van der Waals surface area contributed by atoms with Crippen LogP contribution in [0.3, 0.4) is 0 Å². The van der Waals surface area contributed by atoms with Crippen molar-refractivity contribution >= 4 is 5.91 Å². The minimum Gasteiger partial charge on any atom is -0.336 e. The fourth-order valence-corrected chi connectivity index (χ4v) is 2.58. The van der Waals surface area contributed by atoms with E-state index < -0.39 is 11.6 Å². The highest BCUT2D eigenvalue weighted by Gasteiger charge is 2.26. The normalized spacial score (nSPS) is 15.9. The SMILES string of the molecule is CCN(C(=O)c1ccc(F)c(F)c1)C1CCCC1. The molecule has 0 bridgehead atoms. The van der Waals surface area contributed by atoms with Gasteiger partial charge < -0.3 is 4.90 Å². The molecular formula is C14H17F2NO. The molecule has 1 aliphatic rings. The van der Waals surface area contributed by atoms with E-state index in [9.17, 15) is 13.6 Å². The van der Waals surface area contributed by atoms with Gasteiger partial charge in [-0.15, -0.1) is 0 Å². The lowest BCUT2D eigenvalue weighted by Crippen LogP contribution is -2.38. The average Bonchev–Trinajstić information content (AvgIpc) is 2.87. The Labute approximate surface area is 106 Å². The Bertz CT molecular complexity index is 441. The van der Waals surface area contributed by atoms with Crippen molar-refractivity contribution in [1.82, 2.24) is 4.90 Å². The summed E-state index contributed by atoms with van der Waals surface area (Å²) in [6.07, 6.45) is 4.27. The van der Waals surface area contributed by atoms with Crippen molar-refractivity contribution in [3.63, 3.8) is 0 Å². The Balaban J connectivity index is 2.19. The van der Waals surface area contributed by atoms with E-state index in [1.807, 2.05) is 6.92 Å². The van der Waals surface area contributed by atoms with Gasteiger partial charge in [-0.3, -0.25) is 4.79 Å². The molecule has 98 valence electrons. The van der Waals surface area contributed by atoms with Crippen molar-refractivity contribution in [2.45, 2.75) is 38.6 Å². The zero-order valence-electron chi connectivity index (χ0n) is 10.5. The quantitative estimate of drug-likeness (QED) is 0.808. The van der Waals surface area contributed by atoms with E-state index in [-0.39, 0.29) is 17.5 Å². The first-order valence-corrected chi connectivity index (χ1v) is 6.39. The molecule has 0 atom stereocenters. The summed E-state index contributed by atoms with van der Waals surface area (Å²) in [6, 6.07) is 3.58. The summed E-state index contributed by atoms with van der Waals surface area (Å²) in [4.78, 5) is 14.0. The van der Waals surface area contributed by atoms with Crippen LogP contribution in [0.4, 0.5) is 8.78 Å². The third kappa shape index (κ3) is 2.52. The van der Waals surface area contributed by atoms with Crippen LogP contribution in [-0.2, 0) is 0 Å². The summed E-state index contributed by atoms with van der Waals surface area (Å²) >= 11 is 0. The second-order valence-corrected chi connectivity index (χ2v) is 4.66. The third-order valence-electron chi connectivity index (χ3n) is 3.53. The predicted molar refractivity (Wildman–Crippen MR) is 65.3 cm³/mol. The molecule has 1 amide bonds. The van der Waals surface area contributed by atoms with Gasteiger partial charge in [0.25, 0.3) is 5.91 Å². The lowest BCUT2D eigenvalue weighted by Gasteiger charge is -2.27. The van der Waals surface area contributed by atoms with Crippen LogP contribution < -0.4 is 0 Å². The van der Waals surface area contributed by atoms with Crippen LogP contribution >= 0.6 is 0 Å². The van der Waals surface area contributed by atoms with Gasteiger partial charge in [0, 0.05) is 18.2 Å². The van der Waals surface area contributed by atoms with Crippen molar-refractivity contribution in [2.75, 3.05) is 6.54 Å². The zero-order valence-corrected chi connectivity index (χ0v) is 10.5. The molecule has 0 radical (unpaired) electrons. The van der Waals surface area contributed by atoms with Crippen LogP contribution in [0.2, 0.25) is 0 Å². The fourth-order valence-electron chi connectivity index (χ4n) is 2.58. The predicted octanol–water partition coefficient (Wildman–Crippen LogP) is 3.37. The zero-order chi connectivity index (χ0) is 13.1. The van der Waals surface area contributed by atoms with Crippen LogP contribution in [0.1, 0.15) is 43.0 Å². The highest BCUT2D eigenvalue weighted by atomic mass is 19.2. The van der Waals surface area contributed by atoms with Crippen molar-refractivity contribution < 1.29 is 13.6 Å². The molecule has 2 nitrogen and oxygen atoms in total. The standard InChI is InChI=1S/C14H17F2NO/c1-2-17(11-5-3-4-6-11)14(18)10-7-8-12(15)13(16)9-10/h7-9,11H,2-6H2,1H3. The molecule has 1 aromatic carbocycles. The highest BCUT2D eigenvalue weighted by molar-refractivity contribution is 5.94. The summed E-state index contributed by atoms with van der Waals surface area (Å²) < 4.78 is 26.0. The summed E-state index contributed by atoms with van der Waals surface area (Å²) in [7, 11) is 0. The van der Waals surface area contributed by atoms with Crippen LogP contribution in [0.25, 0.3) is 0 Å². The number of rotatable bonds is 3. The second kappa shape index (κ2) is 5.46. The number of carbonyl (C=O) groups excluding carboxylic acids is 1. The first-order valence-electron chi connectivity index (χ1n) is 6.39. The number of halogens is 2. The molecule has 1 aliphatic carbocycles. The molecule has 0 aliphatic heterocycles. The first-order chi connectivity index (χ1) is 8.63. The molecule has 0 spiro atoms. The van der Waals surface area contributed by atoms with Crippen molar-refractivity contribution in [3.05, 3.63) is 35.4 Å². The van der Waals surface area contributed by atoms with E-state index >= 15 is 0 Å². The Morgan fingerprint density at radius 1 is 1.28 bits per heavy atom. The summed E-state index contributed by atoms with van der Waals surface area (Å²) in [5, 5.41) is 0. The summed E-state index contributed by atoms with van der Waals surface area (Å²) in [6.45, 7) is 2.51. The maximum atomic E-state index is 13.1. The van der Waals surface area contributed by atoms with E-state index in [1.165, 1.54) is 6.07 Å². The topological polar surface area (TPSA) is 20.3 Å². The number of hydrogen-bond acceptors (Lipinski definition) is 1. The maximum absolute atomic E-state index is 13.1. The number of hydrogen-bond donors (Lipinski definition) is 0. The maximum Gasteiger partial charge on any atom is 0.254 e. The molecule has 0 unspecified atom stereocenters. The Morgan fingerprint density at radius 3 is 2.50 bits per heavy atom. The molecule has 2 rings (SSSR count). The van der Waals surface area contributed by atoms with Gasteiger partial charge in [0.2, 0.25) is 0 Å². The van der Waals surface area contributed by atoms with Gasteiger partial charge in [-0.1, -0.05) is 12.8 Å². The molecule has 1 aromatic rings. The van der Waals surface area contributed by atoms with Gasteiger partial charge >= 0.3 is 0 Å². The van der Waals surface area contributed by atoms with E-state index in [2.05, 4.69) is 0 Å². The molecule has 18 heavy (non-hydrogen) atoms. The van der Waals surface area contributed by atoms with E-state index in [4.69, 9.17) is 0 Å². The Hall–Kier alpha value is -1.45. The molecular weight excluding hydrogens is 236 g/mol. The van der Waals surface area contributed by atoms with Gasteiger partial charge in [0.1, 0.15) is 0 Å².